The molecule has 0 saturated heterocycles. The fraction of sp³-hybridized carbons (Fsp3) is 0.353. The molecule has 24 heavy (non-hydrogen) atoms. The summed E-state index contributed by atoms with van der Waals surface area (Å²) in [5, 5.41) is 10.6. The molecule has 0 spiro atoms. The summed E-state index contributed by atoms with van der Waals surface area (Å²) in [5.74, 6) is -2.66. The summed E-state index contributed by atoms with van der Waals surface area (Å²) in [6, 6.07) is 5.18. The van der Waals surface area contributed by atoms with Gasteiger partial charge in [0.2, 0.25) is 0 Å². The molecule has 0 aromatic heterocycles. The lowest BCUT2D eigenvalue weighted by Crippen LogP contribution is -2.21. The van der Waals surface area contributed by atoms with Crippen molar-refractivity contribution in [3.8, 4) is 0 Å². The summed E-state index contributed by atoms with van der Waals surface area (Å²) in [6.07, 6.45) is -1.35. The van der Waals surface area contributed by atoms with Gasteiger partial charge < -0.3 is 14.6 Å². The van der Waals surface area contributed by atoms with Crippen LogP contribution in [0.5, 0.6) is 0 Å². The van der Waals surface area contributed by atoms with Gasteiger partial charge >= 0.3 is 11.9 Å². The summed E-state index contributed by atoms with van der Waals surface area (Å²) in [7, 11) is 1.44. The highest BCUT2D eigenvalue weighted by Gasteiger charge is 2.29. The van der Waals surface area contributed by atoms with Crippen molar-refractivity contribution in [2.24, 2.45) is 4.99 Å². The first kappa shape index (κ1) is 19.3. The maximum Gasteiger partial charge on any atom is 0.343 e. The Hall–Kier alpha value is -2.70. The van der Waals surface area contributed by atoms with Gasteiger partial charge in [-0.05, 0) is 26.0 Å². The Morgan fingerprint density at radius 3 is 2.50 bits per heavy atom. The standard InChI is InChI=1S/C17H20FNO5/c1-5-23-17(22)14(10(2)19-4)15(21)16(24-11(3)20)12-7-6-8-13(18)9-12/h6-9,16,21H,5H2,1-4H3/b15-14+,19-10?. The van der Waals surface area contributed by atoms with E-state index in [9.17, 15) is 19.1 Å². The molecule has 0 bridgehead atoms. The minimum absolute atomic E-state index is 0.0881. The number of carbonyl (C=O) groups is 2. The van der Waals surface area contributed by atoms with Crippen molar-refractivity contribution in [2.45, 2.75) is 26.9 Å². The molecule has 6 nitrogen and oxygen atoms in total. The lowest BCUT2D eigenvalue weighted by atomic mass is 10.0. The second-order valence-corrected chi connectivity index (χ2v) is 4.83. The zero-order valence-electron chi connectivity index (χ0n) is 14.0. The van der Waals surface area contributed by atoms with Crippen molar-refractivity contribution in [1.82, 2.24) is 0 Å². The van der Waals surface area contributed by atoms with Crippen LogP contribution < -0.4 is 0 Å². The van der Waals surface area contributed by atoms with Gasteiger partial charge in [-0.2, -0.15) is 0 Å². The molecule has 1 unspecified atom stereocenters. The summed E-state index contributed by atoms with van der Waals surface area (Å²) < 4.78 is 23.5. The third kappa shape index (κ3) is 4.91. The van der Waals surface area contributed by atoms with E-state index >= 15 is 0 Å². The number of ether oxygens (including phenoxy) is 2. The predicted octanol–water partition coefficient (Wildman–Crippen LogP) is 2.90. The van der Waals surface area contributed by atoms with E-state index in [1.54, 1.807) is 6.92 Å². The number of hydrogen-bond acceptors (Lipinski definition) is 6. The number of aliphatic hydroxyl groups is 1. The normalized spacial score (nSPS) is 13.8. The van der Waals surface area contributed by atoms with E-state index in [4.69, 9.17) is 9.47 Å². The molecule has 130 valence electrons. The van der Waals surface area contributed by atoms with E-state index in [1.807, 2.05) is 0 Å². The highest BCUT2D eigenvalue weighted by Crippen LogP contribution is 2.28. The minimum Gasteiger partial charge on any atom is -0.507 e. The average Bonchev–Trinajstić information content (AvgIpc) is 2.52. The Morgan fingerprint density at radius 2 is 2.00 bits per heavy atom. The van der Waals surface area contributed by atoms with Gasteiger partial charge in [-0.25, -0.2) is 9.18 Å². The smallest absolute Gasteiger partial charge is 0.343 e. The first-order chi connectivity index (χ1) is 11.3. The molecule has 0 aliphatic rings. The topological polar surface area (TPSA) is 85.2 Å². The number of aliphatic imine (C=N–C) groups is 1. The third-order valence-corrected chi connectivity index (χ3v) is 3.12. The number of rotatable bonds is 6. The minimum atomic E-state index is -1.35. The summed E-state index contributed by atoms with van der Waals surface area (Å²) >= 11 is 0. The molecule has 0 amide bonds. The molecule has 0 aliphatic carbocycles. The Kier molecular flexibility index (Phi) is 7.10. The summed E-state index contributed by atoms with van der Waals surface area (Å²) in [5.41, 5.74) is 0.141. The van der Waals surface area contributed by atoms with Crippen LogP contribution in [-0.2, 0) is 19.1 Å². The second-order valence-electron chi connectivity index (χ2n) is 4.83. The molecule has 0 heterocycles. The Bertz CT molecular complexity index is 681. The van der Waals surface area contributed by atoms with Gasteiger partial charge in [-0.3, -0.25) is 9.79 Å². The molecule has 0 saturated carbocycles. The largest absolute Gasteiger partial charge is 0.507 e. The van der Waals surface area contributed by atoms with Crippen LogP contribution in [0.2, 0.25) is 0 Å². The average molecular weight is 337 g/mol. The van der Waals surface area contributed by atoms with E-state index in [0.29, 0.717) is 0 Å². The van der Waals surface area contributed by atoms with Crippen molar-refractivity contribution >= 4 is 17.7 Å². The number of esters is 2. The highest BCUT2D eigenvalue weighted by molar-refractivity contribution is 6.19. The van der Waals surface area contributed by atoms with Crippen LogP contribution in [0.15, 0.2) is 40.6 Å². The van der Waals surface area contributed by atoms with Crippen LogP contribution in [0, 0.1) is 5.82 Å². The highest BCUT2D eigenvalue weighted by atomic mass is 19.1. The number of hydrogen-bond donors (Lipinski definition) is 1. The third-order valence-electron chi connectivity index (χ3n) is 3.12. The zero-order chi connectivity index (χ0) is 18.3. The molecular weight excluding hydrogens is 317 g/mol. The molecule has 1 aromatic rings. The van der Waals surface area contributed by atoms with Crippen LogP contribution >= 0.6 is 0 Å². The predicted molar refractivity (Wildman–Crippen MR) is 86.2 cm³/mol. The summed E-state index contributed by atoms with van der Waals surface area (Å²) in [4.78, 5) is 27.4. The van der Waals surface area contributed by atoms with E-state index < -0.39 is 29.6 Å². The monoisotopic (exact) mass is 337 g/mol. The number of benzene rings is 1. The first-order valence-corrected chi connectivity index (χ1v) is 7.28. The fourth-order valence-corrected chi connectivity index (χ4v) is 2.00. The van der Waals surface area contributed by atoms with E-state index in [1.165, 1.54) is 32.2 Å². The van der Waals surface area contributed by atoms with Gasteiger partial charge in [-0.15, -0.1) is 0 Å². The molecule has 0 fully saturated rings. The van der Waals surface area contributed by atoms with Crippen LogP contribution in [0.25, 0.3) is 0 Å². The van der Waals surface area contributed by atoms with Crippen LogP contribution in [0.1, 0.15) is 32.4 Å². The van der Waals surface area contributed by atoms with Gasteiger partial charge in [0.1, 0.15) is 11.4 Å². The molecule has 1 N–H and O–H groups in total. The number of nitrogens with zero attached hydrogens (tertiary/aromatic N) is 1. The molecule has 1 aromatic carbocycles. The maximum atomic E-state index is 13.5. The Balaban J connectivity index is 3.51. The Morgan fingerprint density at radius 1 is 1.33 bits per heavy atom. The van der Waals surface area contributed by atoms with Crippen molar-refractivity contribution in [3.63, 3.8) is 0 Å². The van der Waals surface area contributed by atoms with Crippen molar-refractivity contribution in [1.29, 1.82) is 0 Å². The van der Waals surface area contributed by atoms with E-state index in [0.717, 1.165) is 13.0 Å². The number of carbonyl (C=O) groups excluding carboxylic acids is 2. The van der Waals surface area contributed by atoms with Crippen molar-refractivity contribution in [2.75, 3.05) is 13.7 Å². The van der Waals surface area contributed by atoms with Crippen molar-refractivity contribution in [3.05, 3.63) is 47.0 Å². The van der Waals surface area contributed by atoms with Crippen molar-refractivity contribution < 1.29 is 28.6 Å². The second kappa shape index (κ2) is 8.81. The molecule has 0 radical (unpaired) electrons. The maximum absolute atomic E-state index is 13.5. The van der Waals surface area contributed by atoms with Gasteiger partial charge in [0.15, 0.2) is 11.9 Å². The molecule has 1 rings (SSSR count). The molecule has 1 atom stereocenters. The van der Waals surface area contributed by atoms with Gasteiger partial charge in [-0.1, -0.05) is 12.1 Å². The molecular formula is C17H20FNO5. The summed E-state index contributed by atoms with van der Waals surface area (Å²) in [6.45, 7) is 4.34. The SMILES string of the molecule is CCOC(=O)/C(C(C)=NC)=C(/O)C(OC(C)=O)c1cccc(F)c1. The van der Waals surface area contributed by atoms with Gasteiger partial charge in [0.25, 0.3) is 0 Å². The lowest BCUT2D eigenvalue weighted by Gasteiger charge is -2.19. The van der Waals surface area contributed by atoms with E-state index in [2.05, 4.69) is 4.99 Å². The van der Waals surface area contributed by atoms with Crippen LogP contribution in [-0.4, -0.2) is 36.4 Å². The van der Waals surface area contributed by atoms with Gasteiger partial charge in [0, 0.05) is 25.2 Å². The first-order valence-electron chi connectivity index (χ1n) is 7.28. The molecule has 7 heteroatoms. The molecule has 0 aliphatic heterocycles. The number of halogens is 1. The van der Waals surface area contributed by atoms with Crippen LogP contribution in [0.4, 0.5) is 4.39 Å². The zero-order valence-corrected chi connectivity index (χ0v) is 14.0. The van der Waals surface area contributed by atoms with E-state index in [-0.39, 0.29) is 23.5 Å². The Labute approximate surface area is 139 Å². The van der Waals surface area contributed by atoms with Crippen LogP contribution in [0.3, 0.4) is 0 Å². The number of aliphatic hydroxyl groups excluding tert-OH is 1. The fourth-order valence-electron chi connectivity index (χ4n) is 2.00. The lowest BCUT2D eigenvalue weighted by molar-refractivity contribution is -0.147. The van der Waals surface area contributed by atoms with Gasteiger partial charge in [0.05, 0.1) is 6.61 Å². The quantitative estimate of drug-likeness (QED) is 0.373.